The Labute approximate surface area is 87.0 Å². The van der Waals surface area contributed by atoms with Crippen LogP contribution in [0, 0.1) is 0 Å². The van der Waals surface area contributed by atoms with Gasteiger partial charge in [0.05, 0.1) is 0 Å². The molecule has 0 radical (unpaired) electrons. The predicted octanol–water partition coefficient (Wildman–Crippen LogP) is 3.17. The molecule has 0 saturated heterocycles. The van der Waals surface area contributed by atoms with Crippen molar-refractivity contribution in [2.75, 3.05) is 0 Å². The molecule has 14 heavy (non-hydrogen) atoms. The Hall–Kier alpha value is -1.56. The molecule has 0 bridgehead atoms. The van der Waals surface area contributed by atoms with Gasteiger partial charge in [0.1, 0.15) is 0 Å². The average Bonchev–Trinajstić information content (AvgIpc) is 2.71. The van der Waals surface area contributed by atoms with Crippen molar-refractivity contribution in [3.63, 3.8) is 0 Å². The van der Waals surface area contributed by atoms with Gasteiger partial charge in [0.15, 0.2) is 0 Å². The topological polar surface area (TPSA) is 17.1 Å². The van der Waals surface area contributed by atoms with Gasteiger partial charge < -0.3 is 0 Å². The largest absolute Gasteiger partial charge is 0.276 e. The summed E-state index contributed by atoms with van der Waals surface area (Å²) in [6.07, 6.45) is 5.75. The molecule has 0 unspecified atom stereocenters. The summed E-state index contributed by atoms with van der Waals surface area (Å²) in [6.45, 7) is 0. The van der Waals surface area contributed by atoms with E-state index in [-0.39, 0.29) is 0 Å². The number of hydrogen-bond donors (Lipinski definition) is 0. The van der Waals surface area contributed by atoms with Crippen LogP contribution in [0.4, 0.5) is 0 Å². The monoisotopic (exact) mass is 202 g/mol. The zero-order valence-corrected chi connectivity index (χ0v) is 8.08. The first-order valence-electron chi connectivity index (χ1n) is 4.21. The Morgan fingerprint density at radius 1 is 1.21 bits per heavy atom. The summed E-state index contributed by atoms with van der Waals surface area (Å²) in [5.74, 6) is 0. The lowest BCUT2D eigenvalue weighted by atomic mass is 10.1. The third-order valence-corrected chi connectivity index (χ3v) is 2.24. The van der Waals surface area contributed by atoms with Gasteiger partial charge in [-0.1, -0.05) is 18.2 Å². The standard InChI is InChI=1S/C12H7ClO/c13-12(14)11-7-5-10(6-8-11)9-3-1-2-4-9/h1-3,5-8H. The zero-order valence-electron chi connectivity index (χ0n) is 7.33. The molecule has 1 aromatic rings. The van der Waals surface area contributed by atoms with E-state index in [2.05, 4.69) is 5.73 Å². The molecular formula is C12H7ClO. The minimum atomic E-state index is -0.428. The number of hydrogen-bond acceptors (Lipinski definition) is 1. The van der Waals surface area contributed by atoms with E-state index in [0.717, 1.165) is 11.1 Å². The van der Waals surface area contributed by atoms with Crippen LogP contribution in [0.25, 0.3) is 5.57 Å². The predicted molar refractivity (Wildman–Crippen MR) is 57.3 cm³/mol. The lowest BCUT2D eigenvalue weighted by Gasteiger charge is -1.98. The van der Waals surface area contributed by atoms with Crippen molar-refractivity contribution in [1.82, 2.24) is 0 Å². The van der Waals surface area contributed by atoms with Crippen LogP contribution in [-0.4, -0.2) is 5.24 Å². The number of carbonyl (C=O) groups excluding carboxylic acids is 1. The molecule has 0 saturated carbocycles. The summed E-state index contributed by atoms with van der Waals surface area (Å²) < 4.78 is 0. The molecule has 0 N–H and O–H groups in total. The van der Waals surface area contributed by atoms with E-state index in [1.807, 2.05) is 30.4 Å². The Kier molecular flexibility index (Phi) is 2.36. The summed E-state index contributed by atoms with van der Waals surface area (Å²) in [5, 5.41) is -0.428. The normalized spacial score (nSPS) is 13.1. The molecular weight excluding hydrogens is 196 g/mol. The first-order valence-corrected chi connectivity index (χ1v) is 4.59. The Morgan fingerprint density at radius 2 is 1.93 bits per heavy atom. The zero-order chi connectivity index (χ0) is 9.97. The number of allylic oxidation sites excluding steroid dienone is 3. The molecule has 1 aromatic carbocycles. The smallest absolute Gasteiger partial charge is 0.252 e. The van der Waals surface area contributed by atoms with Crippen LogP contribution < -0.4 is 0 Å². The van der Waals surface area contributed by atoms with Crippen molar-refractivity contribution >= 4 is 22.4 Å². The molecule has 2 rings (SSSR count). The van der Waals surface area contributed by atoms with Crippen molar-refractivity contribution in [3.05, 3.63) is 59.4 Å². The summed E-state index contributed by atoms with van der Waals surface area (Å²) in [5.41, 5.74) is 5.66. The van der Waals surface area contributed by atoms with Crippen LogP contribution in [0.1, 0.15) is 15.9 Å². The second kappa shape index (κ2) is 3.67. The fourth-order valence-corrected chi connectivity index (χ4v) is 1.42. The Balaban J connectivity index is 2.35. The Morgan fingerprint density at radius 3 is 2.43 bits per heavy atom. The van der Waals surface area contributed by atoms with Crippen molar-refractivity contribution in [2.24, 2.45) is 0 Å². The maximum atomic E-state index is 10.8. The highest BCUT2D eigenvalue weighted by atomic mass is 35.5. The lowest BCUT2D eigenvalue weighted by Crippen LogP contribution is -1.88. The van der Waals surface area contributed by atoms with Gasteiger partial charge in [0.2, 0.25) is 0 Å². The Bertz CT molecular complexity index is 460. The fraction of sp³-hybridized carbons (Fsp3) is 0. The maximum Gasteiger partial charge on any atom is 0.252 e. The first-order chi connectivity index (χ1) is 6.77. The molecule has 68 valence electrons. The fourth-order valence-electron chi connectivity index (χ4n) is 1.29. The molecule has 0 atom stereocenters. The van der Waals surface area contributed by atoms with E-state index in [1.165, 1.54) is 0 Å². The number of halogens is 1. The van der Waals surface area contributed by atoms with E-state index in [9.17, 15) is 4.79 Å². The molecule has 0 aromatic heterocycles. The third kappa shape index (κ3) is 1.69. The summed E-state index contributed by atoms with van der Waals surface area (Å²) in [7, 11) is 0. The van der Waals surface area contributed by atoms with Gasteiger partial charge >= 0.3 is 0 Å². The summed E-state index contributed by atoms with van der Waals surface area (Å²) in [4.78, 5) is 10.8. The summed E-state index contributed by atoms with van der Waals surface area (Å²) >= 11 is 5.33. The number of carbonyl (C=O) groups is 1. The lowest BCUT2D eigenvalue weighted by molar-refractivity contribution is 0.108. The molecule has 1 aliphatic carbocycles. The van der Waals surface area contributed by atoms with Gasteiger partial charge in [0.25, 0.3) is 5.24 Å². The van der Waals surface area contributed by atoms with Crippen LogP contribution in [0.2, 0.25) is 0 Å². The summed E-state index contributed by atoms with van der Waals surface area (Å²) in [6, 6.07) is 7.15. The van der Waals surface area contributed by atoms with Crippen LogP contribution in [0.3, 0.4) is 0 Å². The molecule has 1 aliphatic rings. The van der Waals surface area contributed by atoms with Gasteiger partial charge in [-0.25, -0.2) is 0 Å². The SMILES string of the molecule is O=C(Cl)c1ccc(C2=C=CC=C2)cc1. The van der Waals surface area contributed by atoms with Gasteiger partial charge in [-0.3, -0.25) is 4.79 Å². The second-order valence-corrected chi connectivity index (χ2v) is 3.28. The molecule has 0 spiro atoms. The van der Waals surface area contributed by atoms with Crippen molar-refractivity contribution in [1.29, 1.82) is 0 Å². The van der Waals surface area contributed by atoms with Crippen molar-refractivity contribution in [3.8, 4) is 0 Å². The third-order valence-electron chi connectivity index (χ3n) is 2.02. The van der Waals surface area contributed by atoms with E-state index < -0.39 is 5.24 Å². The number of benzene rings is 1. The first kappa shape index (κ1) is 9.01. The van der Waals surface area contributed by atoms with Crippen LogP contribution >= 0.6 is 11.6 Å². The quantitative estimate of drug-likeness (QED) is 0.532. The van der Waals surface area contributed by atoms with Crippen LogP contribution in [0.15, 0.2) is 48.2 Å². The minimum Gasteiger partial charge on any atom is -0.276 e. The van der Waals surface area contributed by atoms with Gasteiger partial charge in [-0.05, 0) is 41.4 Å². The molecule has 0 aliphatic heterocycles. The molecule has 2 heteroatoms. The average molecular weight is 203 g/mol. The maximum absolute atomic E-state index is 10.8. The highest BCUT2D eigenvalue weighted by Crippen LogP contribution is 2.18. The van der Waals surface area contributed by atoms with Crippen molar-refractivity contribution < 1.29 is 4.79 Å². The van der Waals surface area contributed by atoms with E-state index in [1.54, 1.807) is 12.1 Å². The highest BCUT2D eigenvalue weighted by Gasteiger charge is 2.03. The van der Waals surface area contributed by atoms with Crippen molar-refractivity contribution in [2.45, 2.75) is 0 Å². The van der Waals surface area contributed by atoms with E-state index in [4.69, 9.17) is 11.6 Å². The second-order valence-electron chi connectivity index (χ2n) is 2.93. The van der Waals surface area contributed by atoms with Gasteiger partial charge in [-0.2, -0.15) is 0 Å². The molecule has 0 amide bonds. The molecule has 1 nitrogen and oxygen atoms in total. The van der Waals surface area contributed by atoms with Crippen LogP contribution in [0.5, 0.6) is 0 Å². The van der Waals surface area contributed by atoms with Crippen LogP contribution in [-0.2, 0) is 0 Å². The van der Waals surface area contributed by atoms with Gasteiger partial charge in [-0.15, -0.1) is 5.73 Å². The molecule has 0 fully saturated rings. The minimum absolute atomic E-state index is 0.428. The molecule has 0 heterocycles. The highest BCUT2D eigenvalue weighted by molar-refractivity contribution is 6.67. The van der Waals surface area contributed by atoms with E-state index in [0.29, 0.717) is 5.56 Å². The number of rotatable bonds is 2. The van der Waals surface area contributed by atoms with Gasteiger partial charge in [0, 0.05) is 11.1 Å². The van der Waals surface area contributed by atoms with E-state index >= 15 is 0 Å².